The van der Waals surface area contributed by atoms with Crippen molar-refractivity contribution in [2.75, 3.05) is 0 Å². The number of amides is 1. The van der Waals surface area contributed by atoms with E-state index in [-0.39, 0.29) is 5.91 Å². The van der Waals surface area contributed by atoms with Gasteiger partial charge in [0.25, 0.3) is 5.91 Å². The van der Waals surface area contributed by atoms with Crippen LogP contribution in [0, 0.1) is 0 Å². The third-order valence-electron chi connectivity index (χ3n) is 2.39. The third-order valence-corrected chi connectivity index (χ3v) is 4.42. The first-order valence-electron chi connectivity index (χ1n) is 5.40. The van der Waals surface area contributed by atoms with Gasteiger partial charge < -0.3 is 0 Å². The zero-order valence-electron chi connectivity index (χ0n) is 10.4. The molecular formula is C10H11N5O3S2. The summed E-state index contributed by atoms with van der Waals surface area (Å²) in [4.78, 5) is 38.0. The molecule has 0 aliphatic rings. The van der Waals surface area contributed by atoms with Gasteiger partial charge >= 0.3 is 11.1 Å². The van der Waals surface area contributed by atoms with Crippen LogP contribution < -0.4 is 22.4 Å². The summed E-state index contributed by atoms with van der Waals surface area (Å²) < 4.78 is 1.36. The fourth-order valence-corrected chi connectivity index (χ4v) is 3.28. The predicted octanol–water partition coefficient (Wildman–Crippen LogP) is -0.574. The number of aromatic amines is 1. The Bertz CT molecular complexity index is 748. The average molecular weight is 313 g/mol. The lowest BCUT2D eigenvalue weighted by atomic mass is 10.3. The third kappa shape index (κ3) is 2.98. The molecule has 106 valence electrons. The van der Waals surface area contributed by atoms with E-state index in [0.29, 0.717) is 15.8 Å². The first-order valence-corrected chi connectivity index (χ1v) is 7.27. The van der Waals surface area contributed by atoms with Crippen molar-refractivity contribution >= 4 is 29.0 Å². The van der Waals surface area contributed by atoms with E-state index in [9.17, 15) is 14.4 Å². The van der Waals surface area contributed by atoms with Gasteiger partial charge in [0.15, 0.2) is 5.16 Å². The molecule has 0 bridgehead atoms. The van der Waals surface area contributed by atoms with Crippen molar-refractivity contribution in [3.63, 3.8) is 0 Å². The van der Waals surface area contributed by atoms with Crippen molar-refractivity contribution in [3.8, 4) is 0 Å². The molecule has 0 saturated carbocycles. The van der Waals surface area contributed by atoms with Crippen LogP contribution in [0.5, 0.6) is 0 Å². The van der Waals surface area contributed by atoms with E-state index in [0.717, 1.165) is 5.56 Å². The van der Waals surface area contributed by atoms with Crippen LogP contribution in [0.15, 0.2) is 26.2 Å². The molecule has 0 atom stereocenters. The second-order valence-corrected chi connectivity index (χ2v) is 5.60. The number of H-pyrrole nitrogens is 1. The Balaban J connectivity index is 2.20. The largest absolute Gasteiger partial charge is 0.339 e. The van der Waals surface area contributed by atoms with Gasteiger partial charge in [-0.3, -0.25) is 29.6 Å². The van der Waals surface area contributed by atoms with Gasteiger partial charge in [-0.2, -0.15) is 4.98 Å². The van der Waals surface area contributed by atoms with Gasteiger partial charge in [-0.25, -0.2) is 5.84 Å². The number of nitrogen functional groups attached to an aromatic ring is 1. The lowest BCUT2D eigenvalue weighted by Gasteiger charge is -2.06. The van der Waals surface area contributed by atoms with Crippen LogP contribution in [-0.2, 0) is 12.8 Å². The highest BCUT2D eigenvalue weighted by Crippen LogP contribution is 2.24. The number of thioether (sulfide) groups is 1. The minimum absolute atomic E-state index is 0.361. The minimum atomic E-state index is -0.837. The summed E-state index contributed by atoms with van der Waals surface area (Å²) in [5, 5.41) is 4.49. The first kappa shape index (κ1) is 14.5. The molecule has 2 heterocycles. The quantitative estimate of drug-likeness (QED) is 0.228. The molecule has 1 amide bonds. The van der Waals surface area contributed by atoms with E-state index in [1.807, 2.05) is 0 Å². The van der Waals surface area contributed by atoms with Gasteiger partial charge in [0.1, 0.15) is 0 Å². The van der Waals surface area contributed by atoms with Crippen molar-refractivity contribution < 1.29 is 4.79 Å². The van der Waals surface area contributed by atoms with Crippen molar-refractivity contribution in [2.24, 2.45) is 12.9 Å². The molecule has 2 aromatic heterocycles. The Labute approximate surface area is 121 Å². The molecule has 8 nitrogen and oxygen atoms in total. The highest BCUT2D eigenvalue weighted by Gasteiger charge is 2.13. The number of thiophene rings is 1. The standard InChI is InChI=1S/C10H11N5O3S2/c1-15-10(12-8(17)9(18)14-15)20-4-5-2-3-19-6(5)7(16)13-11/h2-3H,4,11H2,1H3,(H,13,16)(H,14,18). The van der Waals surface area contributed by atoms with Gasteiger partial charge in [-0.15, -0.1) is 11.3 Å². The van der Waals surface area contributed by atoms with Crippen molar-refractivity contribution in [3.05, 3.63) is 42.6 Å². The number of nitrogens with zero attached hydrogens (tertiary/aromatic N) is 2. The van der Waals surface area contributed by atoms with E-state index in [1.165, 1.54) is 27.8 Å². The molecular weight excluding hydrogens is 302 g/mol. The molecule has 0 spiro atoms. The van der Waals surface area contributed by atoms with Gasteiger partial charge in [0.2, 0.25) is 0 Å². The Morgan fingerprint density at radius 2 is 2.35 bits per heavy atom. The number of nitrogens with two attached hydrogens (primary N) is 1. The molecule has 10 heteroatoms. The van der Waals surface area contributed by atoms with E-state index < -0.39 is 11.1 Å². The number of hydrazine groups is 1. The normalized spacial score (nSPS) is 10.5. The second kappa shape index (κ2) is 6.03. The highest BCUT2D eigenvalue weighted by atomic mass is 32.2. The first-order chi connectivity index (χ1) is 9.52. The molecule has 0 aromatic carbocycles. The number of aromatic nitrogens is 3. The molecule has 0 radical (unpaired) electrons. The molecule has 0 saturated heterocycles. The maximum atomic E-state index is 11.5. The number of carbonyl (C=O) groups excluding carboxylic acids is 1. The molecule has 0 fully saturated rings. The lowest BCUT2D eigenvalue weighted by Crippen LogP contribution is -2.33. The van der Waals surface area contributed by atoms with Crippen LogP contribution in [-0.4, -0.2) is 20.7 Å². The van der Waals surface area contributed by atoms with E-state index >= 15 is 0 Å². The fraction of sp³-hybridized carbons (Fsp3) is 0.200. The van der Waals surface area contributed by atoms with Gasteiger partial charge in [0, 0.05) is 12.8 Å². The van der Waals surface area contributed by atoms with Crippen LogP contribution in [0.25, 0.3) is 0 Å². The summed E-state index contributed by atoms with van der Waals surface area (Å²) in [7, 11) is 1.58. The number of hydrogen-bond donors (Lipinski definition) is 3. The van der Waals surface area contributed by atoms with Crippen LogP contribution >= 0.6 is 23.1 Å². The van der Waals surface area contributed by atoms with Crippen LogP contribution in [0.2, 0.25) is 0 Å². The summed E-state index contributed by atoms with van der Waals surface area (Å²) in [6.07, 6.45) is 0. The van der Waals surface area contributed by atoms with E-state index in [4.69, 9.17) is 5.84 Å². The fourth-order valence-electron chi connectivity index (χ4n) is 1.45. The minimum Gasteiger partial charge on any atom is -0.289 e. The smallest absolute Gasteiger partial charge is 0.289 e. The second-order valence-electron chi connectivity index (χ2n) is 3.74. The summed E-state index contributed by atoms with van der Waals surface area (Å²) in [6.45, 7) is 0. The van der Waals surface area contributed by atoms with Crippen LogP contribution in [0.3, 0.4) is 0 Å². The Morgan fingerprint density at radius 1 is 1.60 bits per heavy atom. The zero-order chi connectivity index (χ0) is 14.7. The summed E-state index contributed by atoms with van der Waals surface area (Å²) >= 11 is 2.51. The van der Waals surface area contributed by atoms with Crippen molar-refractivity contribution in [1.82, 2.24) is 20.2 Å². The van der Waals surface area contributed by atoms with Crippen molar-refractivity contribution in [2.45, 2.75) is 10.9 Å². The zero-order valence-corrected chi connectivity index (χ0v) is 12.0. The monoisotopic (exact) mass is 313 g/mol. The Hall–Kier alpha value is -1.91. The molecule has 0 aliphatic heterocycles. The van der Waals surface area contributed by atoms with E-state index in [1.54, 1.807) is 18.5 Å². The highest BCUT2D eigenvalue weighted by molar-refractivity contribution is 7.98. The van der Waals surface area contributed by atoms with Crippen molar-refractivity contribution in [1.29, 1.82) is 0 Å². The average Bonchev–Trinajstić information content (AvgIpc) is 2.89. The maximum absolute atomic E-state index is 11.5. The number of hydrogen-bond acceptors (Lipinski definition) is 7. The maximum Gasteiger partial charge on any atom is 0.339 e. The number of nitrogens with one attached hydrogen (secondary N) is 2. The Morgan fingerprint density at radius 3 is 3.05 bits per heavy atom. The molecule has 4 N–H and O–H groups in total. The van der Waals surface area contributed by atoms with E-state index in [2.05, 4.69) is 15.5 Å². The summed E-state index contributed by atoms with van der Waals surface area (Å²) in [5.74, 6) is 5.17. The SMILES string of the molecule is Cn1[nH]c(=O)c(=O)nc1SCc1ccsc1C(=O)NN. The number of aryl methyl sites for hydroxylation is 1. The molecule has 2 aromatic rings. The topological polar surface area (TPSA) is 123 Å². The van der Waals surface area contributed by atoms with Gasteiger partial charge in [0.05, 0.1) is 4.88 Å². The number of rotatable bonds is 4. The Kier molecular flexibility index (Phi) is 4.37. The van der Waals surface area contributed by atoms with Gasteiger partial charge in [-0.1, -0.05) is 11.8 Å². The molecule has 2 rings (SSSR count). The van der Waals surface area contributed by atoms with Gasteiger partial charge in [-0.05, 0) is 17.0 Å². The van der Waals surface area contributed by atoms with Crippen LogP contribution in [0.1, 0.15) is 15.2 Å². The summed E-state index contributed by atoms with van der Waals surface area (Å²) in [5.41, 5.74) is 1.25. The molecule has 0 aliphatic carbocycles. The number of carbonyl (C=O) groups is 1. The predicted molar refractivity (Wildman–Crippen MR) is 75.6 cm³/mol. The molecule has 20 heavy (non-hydrogen) atoms. The lowest BCUT2D eigenvalue weighted by molar-refractivity contribution is 0.0957. The molecule has 0 unspecified atom stereocenters. The van der Waals surface area contributed by atoms with Crippen LogP contribution in [0.4, 0.5) is 0 Å². The summed E-state index contributed by atoms with van der Waals surface area (Å²) in [6, 6.07) is 1.80.